The first kappa shape index (κ1) is 17.8. The first-order valence-corrected chi connectivity index (χ1v) is 8.78. The van der Waals surface area contributed by atoms with E-state index in [9.17, 15) is 4.79 Å². The van der Waals surface area contributed by atoms with Gasteiger partial charge in [0.2, 0.25) is 0 Å². The van der Waals surface area contributed by atoms with E-state index in [4.69, 9.17) is 4.74 Å². The van der Waals surface area contributed by atoms with Gasteiger partial charge in [0.05, 0.1) is 0 Å². The highest BCUT2D eigenvalue weighted by molar-refractivity contribution is 5.80. The molecule has 1 aromatic rings. The van der Waals surface area contributed by atoms with Crippen LogP contribution in [0.5, 0.6) is 5.75 Å². The van der Waals surface area contributed by atoms with Gasteiger partial charge in [0.15, 0.2) is 6.10 Å². The fourth-order valence-electron chi connectivity index (χ4n) is 2.89. The third-order valence-electron chi connectivity index (χ3n) is 4.50. The zero-order chi connectivity index (χ0) is 16.7. The van der Waals surface area contributed by atoms with E-state index >= 15 is 0 Å². The smallest absolute Gasteiger partial charge is 0.260 e. The molecule has 0 radical (unpaired) electrons. The van der Waals surface area contributed by atoms with Gasteiger partial charge in [0.25, 0.3) is 5.91 Å². The number of aryl methyl sites for hydroxylation is 1. The number of piperidine rings is 1. The summed E-state index contributed by atoms with van der Waals surface area (Å²) in [6.45, 7) is 10.3. The summed E-state index contributed by atoms with van der Waals surface area (Å²) >= 11 is 0. The summed E-state index contributed by atoms with van der Waals surface area (Å²) in [6.07, 6.45) is 3.13. The number of likely N-dealkylation sites (tertiary alicyclic amines) is 1. The van der Waals surface area contributed by atoms with Crippen LogP contribution >= 0.6 is 0 Å². The molecule has 1 heterocycles. The van der Waals surface area contributed by atoms with E-state index in [1.165, 1.54) is 25.9 Å². The summed E-state index contributed by atoms with van der Waals surface area (Å²) in [5.41, 5.74) is 1.13. The molecule has 1 saturated heterocycles. The highest BCUT2D eigenvalue weighted by atomic mass is 16.5. The maximum atomic E-state index is 12.1. The Balaban J connectivity index is 1.62. The molecule has 0 bridgehead atoms. The summed E-state index contributed by atoms with van der Waals surface area (Å²) in [7, 11) is 0. The topological polar surface area (TPSA) is 41.6 Å². The van der Waals surface area contributed by atoms with Crippen LogP contribution < -0.4 is 10.1 Å². The van der Waals surface area contributed by atoms with E-state index in [0.717, 1.165) is 30.2 Å². The third-order valence-corrected chi connectivity index (χ3v) is 4.50. The second kappa shape index (κ2) is 8.92. The highest BCUT2D eigenvalue weighted by Crippen LogP contribution is 2.16. The van der Waals surface area contributed by atoms with Crippen LogP contribution in [0.2, 0.25) is 0 Å². The van der Waals surface area contributed by atoms with Gasteiger partial charge in [0.1, 0.15) is 5.75 Å². The third kappa shape index (κ3) is 6.22. The zero-order valence-corrected chi connectivity index (χ0v) is 14.7. The first-order valence-electron chi connectivity index (χ1n) is 8.78. The number of carbonyl (C=O) groups is 1. The van der Waals surface area contributed by atoms with E-state index in [2.05, 4.69) is 17.1 Å². The van der Waals surface area contributed by atoms with Crippen LogP contribution in [0.15, 0.2) is 24.3 Å². The van der Waals surface area contributed by atoms with Gasteiger partial charge in [-0.1, -0.05) is 19.1 Å². The summed E-state index contributed by atoms with van der Waals surface area (Å²) in [6, 6.07) is 7.78. The monoisotopic (exact) mass is 318 g/mol. The average Bonchev–Trinajstić information content (AvgIpc) is 2.53. The predicted octanol–water partition coefficient (Wildman–Crippen LogP) is 3.00. The molecular weight excluding hydrogens is 288 g/mol. The molecule has 4 nitrogen and oxygen atoms in total. The molecule has 128 valence electrons. The van der Waals surface area contributed by atoms with E-state index in [0.29, 0.717) is 6.54 Å². The highest BCUT2D eigenvalue weighted by Gasteiger charge is 2.16. The summed E-state index contributed by atoms with van der Waals surface area (Å²) < 4.78 is 5.69. The number of nitrogens with zero attached hydrogens (tertiary/aromatic N) is 1. The largest absolute Gasteiger partial charge is 0.481 e. The van der Waals surface area contributed by atoms with Gasteiger partial charge in [-0.05, 0) is 76.4 Å². The second-order valence-corrected chi connectivity index (χ2v) is 6.75. The maximum absolute atomic E-state index is 12.1. The number of rotatable bonds is 7. The molecule has 1 aliphatic heterocycles. The Bertz CT molecular complexity index is 496. The van der Waals surface area contributed by atoms with Crippen molar-refractivity contribution in [1.29, 1.82) is 0 Å². The molecule has 1 aliphatic rings. The molecular formula is C19H30N2O2. The lowest BCUT2D eigenvalue weighted by atomic mass is 9.99. The number of carbonyl (C=O) groups excluding carboxylic acids is 1. The standard InChI is InChI=1S/C19H30N2O2/c1-15-8-12-21(13-9-15)11-5-10-20-19(22)17(3)23-18-7-4-6-16(2)14-18/h4,6-7,14-15,17H,5,8-13H2,1-3H3,(H,20,22)/t17-/m0/s1. The molecule has 0 unspecified atom stereocenters. The zero-order valence-electron chi connectivity index (χ0n) is 14.7. The summed E-state index contributed by atoms with van der Waals surface area (Å²) in [5, 5.41) is 2.98. The lowest BCUT2D eigenvalue weighted by Gasteiger charge is -2.30. The molecule has 23 heavy (non-hydrogen) atoms. The SMILES string of the molecule is Cc1cccc(O[C@@H](C)C(=O)NCCCN2CCC(C)CC2)c1. The fraction of sp³-hybridized carbons (Fsp3) is 0.632. The van der Waals surface area contributed by atoms with Crippen molar-refractivity contribution < 1.29 is 9.53 Å². The van der Waals surface area contributed by atoms with E-state index in [-0.39, 0.29) is 5.91 Å². The van der Waals surface area contributed by atoms with Crippen LogP contribution in [0.3, 0.4) is 0 Å². The molecule has 0 saturated carbocycles. The van der Waals surface area contributed by atoms with Crippen LogP contribution in [0.25, 0.3) is 0 Å². The lowest BCUT2D eigenvalue weighted by molar-refractivity contribution is -0.127. The van der Waals surface area contributed by atoms with Crippen molar-refractivity contribution in [2.24, 2.45) is 5.92 Å². The van der Waals surface area contributed by atoms with Crippen LogP contribution in [-0.4, -0.2) is 43.1 Å². The van der Waals surface area contributed by atoms with Crippen LogP contribution in [0.4, 0.5) is 0 Å². The van der Waals surface area contributed by atoms with Gasteiger partial charge in [-0.2, -0.15) is 0 Å². The van der Waals surface area contributed by atoms with Gasteiger partial charge in [-0.25, -0.2) is 0 Å². The van der Waals surface area contributed by atoms with E-state index < -0.39 is 6.10 Å². The van der Waals surface area contributed by atoms with Crippen molar-refractivity contribution in [3.05, 3.63) is 29.8 Å². The number of benzene rings is 1. The number of ether oxygens (including phenoxy) is 1. The van der Waals surface area contributed by atoms with Crippen molar-refractivity contribution in [2.45, 2.75) is 46.1 Å². The Morgan fingerprint density at radius 1 is 1.39 bits per heavy atom. The van der Waals surface area contributed by atoms with Crippen molar-refractivity contribution in [1.82, 2.24) is 10.2 Å². The molecule has 1 aromatic carbocycles. The molecule has 2 rings (SSSR count). The molecule has 0 aliphatic carbocycles. The van der Waals surface area contributed by atoms with Gasteiger partial charge in [-0.3, -0.25) is 4.79 Å². The minimum Gasteiger partial charge on any atom is -0.481 e. The van der Waals surface area contributed by atoms with Gasteiger partial charge in [0, 0.05) is 6.54 Å². The maximum Gasteiger partial charge on any atom is 0.260 e. The Labute approximate surface area is 140 Å². The first-order chi connectivity index (χ1) is 11.0. The van der Waals surface area contributed by atoms with Gasteiger partial charge in [-0.15, -0.1) is 0 Å². The van der Waals surface area contributed by atoms with Crippen molar-refractivity contribution in [2.75, 3.05) is 26.2 Å². The number of amides is 1. The number of nitrogens with one attached hydrogen (secondary N) is 1. The second-order valence-electron chi connectivity index (χ2n) is 6.75. The predicted molar refractivity (Wildman–Crippen MR) is 93.7 cm³/mol. The Hall–Kier alpha value is -1.55. The Morgan fingerprint density at radius 2 is 2.13 bits per heavy atom. The molecule has 0 spiro atoms. The summed E-state index contributed by atoms with van der Waals surface area (Å²) in [4.78, 5) is 14.6. The number of hydrogen-bond acceptors (Lipinski definition) is 3. The normalized spacial score (nSPS) is 17.7. The van der Waals surface area contributed by atoms with Gasteiger partial charge < -0.3 is 15.0 Å². The number of hydrogen-bond donors (Lipinski definition) is 1. The molecule has 0 aromatic heterocycles. The average molecular weight is 318 g/mol. The molecule has 1 atom stereocenters. The summed E-state index contributed by atoms with van der Waals surface area (Å²) in [5.74, 6) is 1.57. The van der Waals surface area contributed by atoms with E-state index in [1.807, 2.05) is 31.2 Å². The van der Waals surface area contributed by atoms with Crippen molar-refractivity contribution >= 4 is 5.91 Å². The molecule has 4 heteroatoms. The van der Waals surface area contributed by atoms with Crippen molar-refractivity contribution in [3.8, 4) is 5.75 Å². The minimum atomic E-state index is -0.465. The molecule has 1 N–H and O–H groups in total. The van der Waals surface area contributed by atoms with Crippen LogP contribution in [-0.2, 0) is 4.79 Å². The fourth-order valence-corrected chi connectivity index (χ4v) is 2.89. The minimum absolute atomic E-state index is 0.0428. The Kier molecular flexibility index (Phi) is 6.90. The van der Waals surface area contributed by atoms with E-state index in [1.54, 1.807) is 6.92 Å². The van der Waals surface area contributed by atoms with Crippen LogP contribution in [0.1, 0.15) is 38.7 Å². The van der Waals surface area contributed by atoms with Gasteiger partial charge >= 0.3 is 0 Å². The lowest BCUT2D eigenvalue weighted by Crippen LogP contribution is -2.39. The van der Waals surface area contributed by atoms with Crippen LogP contribution in [0, 0.1) is 12.8 Å². The Morgan fingerprint density at radius 3 is 2.83 bits per heavy atom. The van der Waals surface area contributed by atoms with Crippen molar-refractivity contribution in [3.63, 3.8) is 0 Å². The quantitative estimate of drug-likeness (QED) is 0.786. The molecule has 1 fully saturated rings. The molecule has 1 amide bonds.